The van der Waals surface area contributed by atoms with Crippen LogP contribution in [0.2, 0.25) is 0 Å². The van der Waals surface area contributed by atoms with Gasteiger partial charge in [-0.3, -0.25) is 4.79 Å². The molecule has 6 heteroatoms. The number of furan rings is 1. The highest BCUT2D eigenvalue weighted by Gasteiger charge is 2.15. The number of aromatic nitrogens is 2. The number of rotatable bonds is 7. The molecule has 1 N–H and O–H groups in total. The van der Waals surface area contributed by atoms with E-state index >= 15 is 0 Å². The first-order chi connectivity index (χ1) is 14.2. The lowest BCUT2D eigenvalue weighted by Gasteiger charge is -1.99. The van der Waals surface area contributed by atoms with Gasteiger partial charge in [0.2, 0.25) is 5.91 Å². The Kier molecular flexibility index (Phi) is 5.54. The molecule has 2 aromatic heterocycles. The van der Waals surface area contributed by atoms with Crippen LogP contribution in [0.3, 0.4) is 0 Å². The van der Waals surface area contributed by atoms with Crippen molar-refractivity contribution in [3.8, 4) is 17.1 Å². The average Bonchev–Trinajstić information content (AvgIpc) is 3.37. The van der Waals surface area contributed by atoms with Crippen LogP contribution in [0, 0.1) is 0 Å². The van der Waals surface area contributed by atoms with Gasteiger partial charge in [0, 0.05) is 36.9 Å². The van der Waals surface area contributed by atoms with Gasteiger partial charge in [-0.05, 0) is 30.3 Å². The van der Waals surface area contributed by atoms with Crippen molar-refractivity contribution in [1.29, 1.82) is 0 Å². The van der Waals surface area contributed by atoms with E-state index in [1.54, 1.807) is 17.9 Å². The number of hydrogen-bond donors (Lipinski definition) is 1. The fourth-order valence-corrected chi connectivity index (χ4v) is 3.01. The molecular formula is C23H21N3O3. The Bertz CT molecular complexity index is 1110. The standard InChI is InChI=1S/C23H21N3O3/c1-28-14-13-24-22(27)12-11-18-16-26(19-8-3-2-4-9-19)25-23(18)21-15-17-7-5-6-10-20(17)29-21/h2-12,15-16H,13-14H2,1H3,(H,24,27)/b12-11+. The Labute approximate surface area is 168 Å². The highest BCUT2D eigenvalue weighted by atomic mass is 16.5. The van der Waals surface area contributed by atoms with Crippen LogP contribution < -0.4 is 5.32 Å². The Morgan fingerprint density at radius 3 is 2.76 bits per heavy atom. The Morgan fingerprint density at radius 1 is 1.17 bits per heavy atom. The van der Waals surface area contributed by atoms with Gasteiger partial charge in [-0.1, -0.05) is 36.4 Å². The maximum absolute atomic E-state index is 12.1. The molecule has 6 nitrogen and oxygen atoms in total. The number of hydrogen-bond acceptors (Lipinski definition) is 4. The van der Waals surface area contributed by atoms with Gasteiger partial charge in [0.15, 0.2) is 5.76 Å². The summed E-state index contributed by atoms with van der Waals surface area (Å²) in [4.78, 5) is 12.1. The third kappa shape index (κ3) is 4.28. The van der Waals surface area contributed by atoms with E-state index in [-0.39, 0.29) is 5.91 Å². The summed E-state index contributed by atoms with van der Waals surface area (Å²) in [6, 6.07) is 19.6. The quantitative estimate of drug-likeness (QED) is 0.383. The van der Waals surface area contributed by atoms with Gasteiger partial charge in [0.05, 0.1) is 12.3 Å². The Hall–Kier alpha value is -3.64. The first-order valence-electron chi connectivity index (χ1n) is 9.33. The molecule has 146 valence electrons. The third-order valence-corrected chi connectivity index (χ3v) is 4.44. The molecule has 0 saturated heterocycles. The van der Waals surface area contributed by atoms with Crippen molar-refractivity contribution in [2.75, 3.05) is 20.3 Å². The van der Waals surface area contributed by atoms with E-state index in [9.17, 15) is 4.79 Å². The predicted molar refractivity (Wildman–Crippen MR) is 113 cm³/mol. The van der Waals surface area contributed by atoms with Crippen molar-refractivity contribution in [3.63, 3.8) is 0 Å². The first kappa shape index (κ1) is 18.7. The highest BCUT2D eigenvalue weighted by molar-refractivity contribution is 5.93. The fraction of sp³-hybridized carbons (Fsp3) is 0.130. The molecule has 29 heavy (non-hydrogen) atoms. The molecule has 0 saturated carbocycles. The molecule has 0 radical (unpaired) electrons. The van der Waals surface area contributed by atoms with E-state index in [0.717, 1.165) is 22.2 Å². The van der Waals surface area contributed by atoms with Gasteiger partial charge in [-0.2, -0.15) is 5.10 Å². The van der Waals surface area contributed by atoms with E-state index in [2.05, 4.69) is 5.32 Å². The van der Waals surface area contributed by atoms with Crippen LogP contribution in [0.25, 0.3) is 34.2 Å². The summed E-state index contributed by atoms with van der Waals surface area (Å²) in [5.74, 6) is 0.463. The minimum absolute atomic E-state index is 0.190. The number of amides is 1. The zero-order valence-electron chi connectivity index (χ0n) is 16.0. The number of carbonyl (C=O) groups is 1. The SMILES string of the molecule is COCCNC(=O)/C=C/c1cn(-c2ccccc2)nc1-c1cc2ccccc2o1. The fourth-order valence-electron chi connectivity index (χ4n) is 3.01. The lowest BCUT2D eigenvalue weighted by molar-refractivity contribution is -0.116. The topological polar surface area (TPSA) is 69.3 Å². The predicted octanol–water partition coefficient (Wildman–Crippen LogP) is 4.06. The molecule has 4 rings (SSSR count). The van der Waals surface area contributed by atoms with Gasteiger partial charge in [0.25, 0.3) is 0 Å². The lowest BCUT2D eigenvalue weighted by Crippen LogP contribution is -2.24. The Morgan fingerprint density at radius 2 is 1.97 bits per heavy atom. The number of methoxy groups -OCH3 is 1. The summed E-state index contributed by atoms with van der Waals surface area (Å²) in [6.07, 6.45) is 5.13. The van der Waals surface area contributed by atoms with Crippen LogP contribution in [-0.4, -0.2) is 35.9 Å². The number of para-hydroxylation sites is 2. The third-order valence-electron chi connectivity index (χ3n) is 4.44. The highest BCUT2D eigenvalue weighted by Crippen LogP contribution is 2.30. The molecular weight excluding hydrogens is 366 g/mol. The minimum Gasteiger partial charge on any atom is -0.454 e. The average molecular weight is 387 g/mol. The molecule has 0 bridgehead atoms. The second kappa shape index (κ2) is 8.58. The minimum atomic E-state index is -0.190. The molecule has 2 heterocycles. The summed E-state index contributed by atoms with van der Waals surface area (Å²) < 4.78 is 12.7. The number of ether oxygens (including phenoxy) is 1. The number of nitrogens with one attached hydrogen (secondary N) is 1. The number of carbonyl (C=O) groups excluding carboxylic acids is 1. The summed E-state index contributed by atoms with van der Waals surface area (Å²) in [6.45, 7) is 0.926. The Balaban J connectivity index is 1.70. The van der Waals surface area contributed by atoms with Crippen molar-refractivity contribution >= 4 is 23.0 Å². The first-order valence-corrected chi connectivity index (χ1v) is 9.33. The molecule has 0 aliphatic carbocycles. The summed E-state index contributed by atoms with van der Waals surface area (Å²) in [7, 11) is 1.60. The van der Waals surface area contributed by atoms with Crippen LogP contribution in [0.15, 0.2) is 77.4 Å². The van der Waals surface area contributed by atoms with Crippen LogP contribution in [0.4, 0.5) is 0 Å². The normalized spacial score (nSPS) is 11.3. The van der Waals surface area contributed by atoms with Gasteiger partial charge in [-0.25, -0.2) is 4.68 Å². The van der Waals surface area contributed by atoms with E-state index < -0.39 is 0 Å². The molecule has 2 aromatic carbocycles. The maximum Gasteiger partial charge on any atom is 0.244 e. The second-order valence-corrected chi connectivity index (χ2v) is 6.48. The number of benzene rings is 2. The molecule has 0 atom stereocenters. The van der Waals surface area contributed by atoms with Crippen LogP contribution in [0.1, 0.15) is 5.56 Å². The smallest absolute Gasteiger partial charge is 0.244 e. The summed E-state index contributed by atoms with van der Waals surface area (Å²) in [5.41, 5.74) is 3.18. The van der Waals surface area contributed by atoms with E-state index in [1.165, 1.54) is 6.08 Å². The van der Waals surface area contributed by atoms with Crippen molar-refractivity contribution < 1.29 is 13.9 Å². The maximum atomic E-state index is 12.1. The molecule has 0 aliphatic rings. The van der Waals surface area contributed by atoms with Crippen molar-refractivity contribution in [2.24, 2.45) is 0 Å². The monoisotopic (exact) mass is 387 g/mol. The molecule has 0 aliphatic heterocycles. The number of nitrogens with zero attached hydrogens (tertiary/aromatic N) is 2. The molecule has 0 fully saturated rings. The lowest BCUT2D eigenvalue weighted by atomic mass is 10.2. The summed E-state index contributed by atoms with van der Waals surface area (Å²) in [5, 5.41) is 8.49. The van der Waals surface area contributed by atoms with Crippen LogP contribution in [0.5, 0.6) is 0 Å². The molecule has 1 amide bonds. The summed E-state index contributed by atoms with van der Waals surface area (Å²) >= 11 is 0. The van der Waals surface area contributed by atoms with Gasteiger partial charge in [0.1, 0.15) is 11.3 Å². The van der Waals surface area contributed by atoms with E-state index in [0.29, 0.717) is 24.6 Å². The molecule has 0 unspecified atom stereocenters. The second-order valence-electron chi connectivity index (χ2n) is 6.48. The van der Waals surface area contributed by atoms with Crippen LogP contribution >= 0.6 is 0 Å². The van der Waals surface area contributed by atoms with E-state index in [1.807, 2.05) is 66.9 Å². The molecule has 0 spiro atoms. The van der Waals surface area contributed by atoms with E-state index in [4.69, 9.17) is 14.3 Å². The van der Waals surface area contributed by atoms with Crippen molar-refractivity contribution in [1.82, 2.24) is 15.1 Å². The zero-order chi connectivity index (χ0) is 20.1. The zero-order valence-corrected chi connectivity index (χ0v) is 16.0. The van der Waals surface area contributed by atoms with Crippen molar-refractivity contribution in [2.45, 2.75) is 0 Å². The van der Waals surface area contributed by atoms with Gasteiger partial charge in [-0.15, -0.1) is 0 Å². The van der Waals surface area contributed by atoms with Crippen LogP contribution in [-0.2, 0) is 9.53 Å². The largest absolute Gasteiger partial charge is 0.454 e. The van der Waals surface area contributed by atoms with Gasteiger partial charge >= 0.3 is 0 Å². The number of fused-ring (bicyclic) bond motifs is 1. The molecule has 4 aromatic rings. The van der Waals surface area contributed by atoms with Crippen molar-refractivity contribution in [3.05, 3.63) is 78.5 Å². The van der Waals surface area contributed by atoms with Gasteiger partial charge < -0.3 is 14.5 Å².